The standard InChI is InChI=1S/C6H10O.B.H2O/c7-6-4-2-1-3-5-6;;/h1-5H2;;1H2. The van der Waals surface area contributed by atoms with Gasteiger partial charge in [0.1, 0.15) is 5.78 Å². The van der Waals surface area contributed by atoms with Crippen molar-refractivity contribution in [2.75, 3.05) is 0 Å². The summed E-state index contributed by atoms with van der Waals surface area (Å²) in [4.78, 5) is 10.5. The van der Waals surface area contributed by atoms with Gasteiger partial charge in [0.05, 0.1) is 0 Å². The Kier molecular flexibility index (Phi) is 7.43. The Morgan fingerprint density at radius 2 is 1.44 bits per heavy atom. The summed E-state index contributed by atoms with van der Waals surface area (Å²) in [5.74, 6) is 0.464. The number of hydrogen-bond acceptors (Lipinski definition) is 1. The molecular weight excluding hydrogens is 115 g/mol. The zero-order valence-corrected chi connectivity index (χ0v) is 5.52. The summed E-state index contributed by atoms with van der Waals surface area (Å²) in [5.41, 5.74) is 0. The van der Waals surface area contributed by atoms with E-state index >= 15 is 0 Å². The second-order valence-electron chi connectivity index (χ2n) is 2.10. The Morgan fingerprint density at radius 1 is 1.00 bits per heavy atom. The summed E-state index contributed by atoms with van der Waals surface area (Å²) >= 11 is 0. The van der Waals surface area contributed by atoms with Crippen molar-refractivity contribution in [2.24, 2.45) is 0 Å². The van der Waals surface area contributed by atoms with Crippen LogP contribution in [0.3, 0.4) is 0 Å². The van der Waals surface area contributed by atoms with Crippen LogP contribution in [-0.2, 0) is 4.79 Å². The summed E-state index contributed by atoms with van der Waals surface area (Å²) < 4.78 is 0. The SMILES string of the molecule is O.O=C1CCCCC1.[B]. The lowest BCUT2D eigenvalue weighted by Gasteiger charge is -2.05. The Balaban J connectivity index is 0. The van der Waals surface area contributed by atoms with Crippen molar-refractivity contribution in [1.29, 1.82) is 0 Å². The molecule has 0 aliphatic heterocycles. The molecule has 0 aromatic carbocycles. The van der Waals surface area contributed by atoms with Crippen molar-refractivity contribution in [3.63, 3.8) is 0 Å². The van der Waals surface area contributed by atoms with Gasteiger partial charge < -0.3 is 5.48 Å². The first-order valence-corrected chi connectivity index (χ1v) is 2.91. The van der Waals surface area contributed by atoms with E-state index in [2.05, 4.69) is 0 Å². The van der Waals surface area contributed by atoms with Gasteiger partial charge >= 0.3 is 0 Å². The molecule has 2 nitrogen and oxygen atoms in total. The highest BCUT2D eigenvalue weighted by Gasteiger charge is 2.05. The summed E-state index contributed by atoms with van der Waals surface area (Å²) in [7, 11) is 0. The van der Waals surface area contributed by atoms with Crippen molar-refractivity contribution in [3.8, 4) is 0 Å². The van der Waals surface area contributed by atoms with Crippen LogP contribution in [0.2, 0.25) is 0 Å². The van der Waals surface area contributed by atoms with Crippen LogP contribution >= 0.6 is 0 Å². The molecule has 2 N–H and O–H groups in total. The molecule has 1 fully saturated rings. The van der Waals surface area contributed by atoms with Crippen molar-refractivity contribution in [3.05, 3.63) is 0 Å². The zero-order valence-electron chi connectivity index (χ0n) is 5.52. The van der Waals surface area contributed by atoms with E-state index in [9.17, 15) is 4.79 Å². The lowest BCUT2D eigenvalue weighted by atomic mass is 10.00. The number of carbonyl (C=O) groups excluding carboxylic acids is 1. The summed E-state index contributed by atoms with van der Waals surface area (Å²) in [6.45, 7) is 0. The fourth-order valence-corrected chi connectivity index (χ4v) is 0.946. The first-order valence-electron chi connectivity index (χ1n) is 2.91. The zero-order chi connectivity index (χ0) is 5.11. The van der Waals surface area contributed by atoms with Crippen LogP contribution < -0.4 is 0 Å². The van der Waals surface area contributed by atoms with E-state index in [0.29, 0.717) is 5.78 Å². The highest BCUT2D eigenvalue weighted by Crippen LogP contribution is 2.12. The van der Waals surface area contributed by atoms with Crippen LogP contribution in [0.1, 0.15) is 32.1 Å². The van der Waals surface area contributed by atoms with Gasteiger partial charge in [-0.05, 0) is 12.8 Å². The second-order valence-corrected chi connectivity index (χ2v) is 2.10. The molecule has 1 aliphatic carbocycles. The number of carbonyl (C=O) groups is 1. The van der Waals surface area contributed by atoms with Gasteiger partial charge in [0.25, 0.3) is 0 Å². The Bertz CT molecular complexity index is 75.1. The van der Waals surface area contributed by atoms with Gasteiger partial charge in [-0.1, -0.05) is 6.42 Å². The molecule has 1 rings (SSSR count). The molecule has 3 heteroatoms. The van der Waals surface area contributed by atoms with E-state index < -0.39 is 0 Å². The maximum atomic E-state index is 10.5. The Hall–Kier alpha value is -0.305. The predicted octanol–water partition coefficient (Wildman–Crippen LogP) is 0.314. The molecule has 0 aromatic heterocycles. The maximum absolute atomic E-state index is 10.5. The lowest BCUT2D eigenvalue weighted by molar-refractivity contribution is -0.120. The molecule has 0 amide bonds. The van der Waals surface area contributed by atoms with Crippen LogP contribution in [0.5, 0.6) is 0 Å². The van der Waals surface area contributed by atoms with E-state index in [-0.39, 0.29) is 13.9 Å². The molecule has 0 atom stereocenters. The number of Topliss-reactive ketones (excluding diaryl/α,β-unsaturated/α-hetero) is 1. The smallest absolute Gasteiger partial charge is 0.132 e. The van der Waals surface area contributed by atoms with E-state index in [1.54, 1.807) is 0 Å². The average molecular weight is 127 g/mol. The fraction of sp³-hybridized carbons (Fsp3) is 0.833. The molecule has 0 saturated heterocycles. The molecule has 0 aromatic rings. The van der Waals surface area contributed by atoms with Gasteiger partial charge in [-0.3, -0.25) is 4.79 Å². The highest BCUT2D eigenvalue weighted by molar-refractivity contribution is 5.78. The highest BCUT2D eigenvalue weighted by atomic mass is 16.1. The molecule has 0 heterocycles. The van der Waals surface area contributed by atoms with Gasteiger partial charge in [0, 0.05) is 21.3 Å². The maximum Gasteiger partial charge on any atom is 0.132 e. The molecule has 9 heavy (non-hydrogen) atoms. The molecule has 1 aliphatic rings. The van der Waals surface area contributed by atoms with Gasteiger partial charge in [0.15, 0.2) is 0 Å². The minimum Gasteiger partial charge on any atom is -0.412 e. The van der Waals surface area contributed by atoms with Crippen molar-refractivity contribution in [1.82, 2.24) is 0 Å². The minimum absolute atomic E-state index is 0. The number of ketones is 1. The lowest BCUT2D eigenvalue weighted by Crippen LogP contribution is -2.02. The molecule has 0 unspecified atom stereocenters. The first-order chi connectivity index (χ1) is 3.39. The van der Waals surface area contributed by atoms with Crippen LogP contribution in [0.25, 0.3) is 0 Å². The topological polar surface area (TPSA) is 48.6 Å². The Morgan fingerprint density at radius 3 is 1.67 bits per heavy atom. The van der Waals surface area contributed by atoms with Crippen LogP contribution in [0, 0.1) is 0 Å². The van der Waals surface area contributed by atoms with Crippen molar-refractivity contribution < 1.29 is 10.3 Å². The minimum atomic E-state index is 0. The molecule has 51 valence electrons. The van der Waals surface area contributed by atoms with Crippen LogP contribution in [0.15, 0.2) is 0 Å². The third kappa shape index (κ3) is 4.21. The summed E-state index contributed by atoms with van der Waals surface area (Å²) in [6, 6.07) is 0. The van der Waals surface area contributed by atoms with E-state index in [4.69, 9.17) is 0 Å². The van der Waals surface area contributed by atoms with Gasteiger partial charge in [-0.25, -0.2) is 0 Å². The number of hydrogen-bond donors (Lipinski definition) is 0. The monoisotopic (exact) mass is 127 g/mol. The molecule has 0 bridgehead atoms. The normalized spacial score (nSPS) is 17.6. The third-order valence-corrected chi connectivity index (χ3v) is 1.41. The first kappa shape index (κ1) is 11.5. The third-order valence-electron chi connectivity index (χ3n) is 1.41. The summed E-state index contributed by atoms with van der Waals surface area (Å²) in [6.07, 6.45) is 5.24. The average Bonchev–Trinajstić information content (AvgIpc) is 1.69. The largest absolute Gasteiger partial charge is 0.412 e. The molecule has 1 saturated carbocycles. The van der Waals surface area contributed by atoms with Crippen molar-refractivity contribution in [2.45, 2.75) is 32.1 Å². The van der Waals surface area contributed by atoms with E-state index in [1.165, 1.54) is 6.42 Å². The van der Waals surface area contributed by atoms with Gasteiger partial charge in [-0.15, -0.1) is 0 Å². The summed E-state index contributed by atoms with van der Waals surface area (Å²) in [5, 5.41) is 0. The number of rotatable bonds is 0. The fourth-order valence-electron chi connectivity index (χ4n) is 0.946. The van der Waals surface area contributed by atoms with Gasteiger partial charge in [0.2, 0.25) is 0 Å². The van der Waals surface area contributed by atoms with Gasteiger partial charge in [-0.2, -0.15) is 0 Å². The van der Waals surface area contributed by atoms with E-state index in [0.717, 1.165) is 25.7 Å². The van der Waals surface area contributed by atoms with Crippen LogP contribution in [0.4, 0.5) is 0 Å². The van der Waals surface area contributed by atoms with Crippen LogP contribution in [-0.4, -0.2) is 19.7 Å². The molecular formula is C6H12BO2. The predicted molar refractivity (Wildman–Crippen MR) is 37.5 cm³/mol. The quantitative estimate of drug-likeness (QED) is 0.432. The second kappa shape index (κ2) is 5.82. The molecule has 3 radical (unpaired) electrons. The Labute approximate surface area is 57.5 Å². The molecule has 0 spiro atoms. The van der Waals surface area contributed by atoms with Crippen molar-refractivity contribution >= 4 is 14.2 Å². The van der Waals surface area contributed by atoms with E-state index in [1.807, 2.05) is 0 Å².